The van der Waals surface area contributed by atoms with Crippen LogP contribution in [0.1, 0.15) is 45.4 Å². The zero-order valence-electron chi connectivity index (χ0n) is 12.1. The number of halogens is 3. The summed E-state index contributed by atoms with van der Waals surface area (Å²) in [4.78, 5) is 25.2. The number of alkyl halides is 3. The normalized spacial score (nSPS) is 28.7. The summed E-state index contributed by atoms with van der Waals surface area (Å²) in [6, 6.07) is -1.80. The second kappa shape index (κ2) is 6.23. The van der Waals surface area contributed by atoms with E-state index in [2.05, 4.69) is 5.32 Å². The van der Waals surface area contributed by atoms with Crippen molar-refractivity contribution >= 4 is 11.8 Å². The average molecular weight is 306 g/mol. The van der Waals surface area contributed by atoms with Crippen LogP contribution in [0.15, 0.2) is 0 Å². The molecule has 2 amide bonds. The maximum absolute atomic E-state index is 12.8. The Kier molecular flexibility index (Phi) is 4.78. The van der Waals surface area contributed by atoms with Gasteiger partial charge in [-0.2, -0.15) is 13.2 Å². The van der Waals surface area contributed by atoms with Gasteiger partial charge in [-0.15, -0.1) is 0 Å². The first-order valence-electron chi connectivity index (χ1n) is 7.51. The lowest BCUT2D eigenvalue weighted by Gasteiger charge is -2.43. The van der Waals surface area contributed by atoms with Crippen molar-refractivity contribution in [1.29, 1.82) is 0 Å². The Morgan fingerprint density at radius 1 is 1.19 bits per heavy atom. The molecule has 0 aromatic rings. The lowest BCUT2D eigenvalue weighted by molar-refractivity contribution is -0.177. The number of carbonyl (C=O) groups is 2. The minimum absolute atomic E-state index is 0.164. The van der Waals surface area contributed by atoms with Crippen molar-refractivity contribution in [2.24, 2.45) is 5.92 Å². The Labute approximate surface area is 122 Å². The number of rotatable bonds is 3. The van der Waals surface area contributed by atoms with E-state index >= 15 is 0 Å². The Morgan fingerprint density at radius 2 is 1.81 bits per heavy atom. The van der Waals surface area contributed by atoms with Gasteiger partial charge in [-0.05, 0) is 25.2 Å². The maximum Gasteiger partial charge on any atom is 0.406 e. The monoisotopic (exact) mass is 306 g/mol. The van der Waals surface area contributed by atoms with Gasteiger partial charge in [-0.3, -0.25) is 9.59 Å². The standard InChI is InChI=1S/C14H21F3N2O2/c1-2-10-13(21)19(8-14(15,16)17)11(12(20)18-10)9-6-4-3-5-7-9/h9-11H,2-8H2,1H3,(H,18,20). The third-order valence-corrected chi connectivity index (χ3v) is 4.36. The molecular formula is C14H21F3N2O2. The number of carbonyl (C=O) groups excluding carboxylic acids is 2. The number of nitrogens with zero attached hydrogens (tertiary/aromatic N) is 1. The third kappa shape index (κ3) is 3.68. The molecule has 7 heteroatoms. The zero-order chi connectivity index (χ0) is 15.6. The van der Waals surface area contributed by atoms with E-state index in [1.165, 1.54) is 0 Å². The minimum Gasteiger partial charge on any atom is -0.343 e. The molecule has 0 radical (unpaired) electrons. The van der Waals surface area contributed by atoms with Crippen molar-refractivity contribution < 1.29 is 22.8 Å². The van der Waals surface area contributed by atoms with Gasteiger partial charge in [0.1, 0.15) is 18.6 Å². The molecule has 2 rings (SSSR count). The Bertz CT molecular complexity index is 406. The van der Waals surface area contributed by atoms with Gasteiger partial charge in [0.25, 0.3) is 0 Å². The summed E-state index contributed by atoms with van der Waals surface area (Å²) in [7, 11) is 0. The smallest absolute Gasteiger partial charge is 0.343 e. The highest BCUT2D eigenvalue weighted by Gasteiger charge is 2.47. The minimum atomic E-state index is -4.49. The fraction of sp³-hybridized carbons (Fsp3) is 0.857. The highest BCUT2D eigenvalue weighted by molar-refractivity contribution is 5.97. The van der Waals surface area contributed by atoms with Crippen molar-refractivity contribution in [3.63, 3.8) is 0 Å². The van der Waals surface area contributed by atoms with E-state index in [9.17, 15) is 22.8 Å². The first kappa shape index (κ1) is 16.1. The van der Waals surface area contributed by atoms with Gasteiger partial charge >= 0.3 is 6.18 Å². The van der Waals surface area contributed by atoms with E-state index in [0.717, 1.165) is 24.2 Å². The zero-order valence-corrected chi connectivity index (χ0v) is 12.1. The van der Waals surface area contributed by atoms with Crippen molar-refractivity contribution in [1.82, 2.24) is 10.2 Å². The SMILES string of the molecule is CCC1NC(=O)C(C2CCCCC2)N(CC(F)(F)F)C1=O. The van der Waals surface area contributed by atoms with Crippen molar-refractivity contribution in [3.05, 3.63) is 0 Å². The highest BCUT2D eigenvalue weighted by atomic mass is 19.4. The van der Waals surface area contributed by atoms with E-state index in [-0.39, 0.29) is 5.92 Å². The first-order chi connectivity index (χ1) is 9.83. The summed E-state index contributed by atoms with van der Waals surface area (Å²) in [5, 5.41) is 2.58. The number of amides is 2. The summed E-state index contributed by atoms with van der Waals surface area (Å²) < 4.78 is 38.4. The fourth-order valence-corrected chi connectivity index (χ4v) is 3.36. The maximum atomic E-state index is 12.8. The van der Waals surface area contributed by atoms with Crippen LogP contribution in [0.3, 0.4) is 0 Å². The van der Waals surface area contributed by atoms with Gasteiger partial charge in [-0.1, -0.05) is 26.2 Å². The highest BCUT2D eigenvalue weighted by Crippen LogP contribution is 2.32. The van der Waals surface area contributed by atoms with Crippen molar-refractivity contribution in [3.8, 4) is 0 Å². The lowest BCUT2D eigenvalue weighted by Crippen LogP contribution is -2.66. The molecule has 0 aromatic heterocycles. The number of piperazine rings is 1. The summed E-state index contributed by atoms with van der Waals surface area (Å²) in [6.07, 6.45) is 0.0663. The van der Waals surface area contributed by atoms with Crippen LogP contribution in [0.2, 0.25) is 0 Å². The first-order valence-corrected chi connectivity index (χ1v) is 7.51. The second-order valence-electron chi connectivity index (χ2n) is 5.89. The fourth-order valence-electron chi connectivity index (χ4n) is 3.36. The number of hydrogen-bond acceptors (Lipinski definition) is 2. The predicted octanol–water partition coefficient (Wildman–Crippen LogP) is 2.23. The molecule has 1 aliphatic heterocycles. The van der Waals surface area contributed by atoms with Crippen LogP contribution < -0.4 is 5.32 Å². The molecule has 0 aromatic carbocycles. The van der Waals surface area contributed by atoms with Crippen LogP contribution in [0.5, 0.6) is 0 Å². The molecule has 4 nitrogen and oxygen atoms in total. The lowest BCUT2D eigenvalue weighted by atomic mass is 9.81. The van der Waals surface area contributed by atoms with Gasteiger partial charge in [0.15, 0.2) is 0 Å². The van der Waals surface area contributed by atoms with Crippen LogP contribution in [0, 0.1) is 5.92 Å². The topological polar surface area (TPSA) is 49.4 Å². The average Bonchev–Trinajstić information content (AvgIpc) is 2.42. The molecule has 2 atom stereocenters. The molecule has 1 N–H and O–H groups in total. The van der Waals surface area contributed by atoms with Gasteiger partial charge in [-0.25, -0.2) is 0 Å². The van der Waals surface area contributed by atoms with Crippen molar-refractivity contribution in [2.45, 2.75) is 63.7 Å². The molecule has 2 aliphatic rings. The van der Waals surface area contributed by atoms with Crippen molar-refractivity contribution in [2.75, 3.05) is 6.54 Å². The predicted molar refractivity (Wildman–Crippen MR) is 70.4 cm³/mol. The summed E-state index contributed by atoms with van der Waals surface area (Å²) in [5.41, 5.74) is 0. The van der Waals surface area contributed by atoms with Gasteiger partial charge in [0.05, 0.1) is 0 Å². The van der Waals surface area contributed by atoms with Crippen LogP contribution in [0.25, 0.3) is 0 Å². The van der Waals surface area contributed by atoms with Gasteiger partial charge in [0.2, 0.25) is 11.8 Å². The molecule has 0 spiro atoms. The number of nitrogens with one attached hydrogen (secondary N) is 1. The quantitative estimate of drug-likeness (QED) is 0.869. The Balaban J connectivity index is 2.24. The molecule has 2 unspecified atom stereocenters. The van der Waals surface area contributed by atoms with E-state index < -0.39 is 36.6 Å². The van der Waals surface area contributed by atoms with Crippen LogP contribution >= 0.6 is 0 Å². The summed E-state index contributed by atoms with van der Waals surface area (Å²) in [5.74, 6) is -1.20. The Hall–Kier alpha value is -1.27. The molecule has 1 heterocycles. The molecular weight excluding hydrogens is 285 g/mol. The van der Waals surface area contributed by atoms with Gasteiger partial charge < -0.3 is 10.2 Å². The van der Waals surface area contributed by atoms with E-state index in [1.54, 1.807) is 6.92 Å². The second-order valence-corrected chi connectivity index (χ2v) is 5.89. The summed E-state index contributed by atoms with van der Waals surface area (Å²) >= 11 is 0. The van der Waals surface area contributed by atoms with Gasteiger partial charge in [0, 0.05) is 0 Å². The van der Waals surface area contributed by atoms with Crippen LogP contribution in [-0.2, 0) is 9.59 Å². The summed E-state index contributed by atoms with van der Waals surface area (Å²) in [6.45, 7) is 0.340. The molecule has 21 heavy (non-hydrogen) atoms. The van der Waals surface area contributed by atoms with E-state index in [1.807, 2.05) is 0 Å². The molecule has 1 aliphatic carbocycles. The largest absolute Gasteiger partial charge is 0.406 e. The van der Waals surface area contributed by atoms with E-state index in [0.29, 0.717) is 19.3 Å². The van der Waals surface area contributed by atoms with E-state index in [4.69, 9.17) is 0 Å². The molecule has 1 saturated carbocycles. The van der Waals surface area contributed by atoms with Crippen LogP contribution in [0.4, 0.5) is 13.2 Å². The molecule has 2 fully saturated rings. The molecule has 1 saturated heterocycles. The number of hydrogen-bond donors (Lipinski definition) is 1. The Morgan fingerprint density at radius 3 is 2.33 bits per heavy atom. The molecule has 0 bridgehead atoms. The third-order valence-electron chi connectivity index (χ3n) is 4.36. The molecule has 120 valence electrons. The van der Waals surface area contributed by atoms with Crippen LogP contribution in [-0.4, -0.2) is 41.5 Å².